The monoisotopic (exact) mass is 405 g/mol. The highest BCUT2D eigenvalue weighted by molar-refractivity contribution is 5.88. The van der Waals surface area contributed by atoms with E-state index in [2.05, 4.69) is 19.0 Å². The molecule has 162 valence electrons. The van der Waals surface area contributed by atoms with E-state index >= 15 is 0 Å². The van der Waals surface area contributed by atoms with Crippen LogP contribution in [0.2, 0.25) is 0 Å². The van der Waals surface area contributed by atoms with Gasteiger partial charge in [0.15, 0.2) is 0 Å². The summed E-state index contributed by atoms with van der Waals surface area (Å²) in [5.74, 6) is 0.372. The fourth-order valence-corrected chi connectivity index (χ4v) is 8.92. The van der Waals surface area contributed by atoms with E-state index in [9.17, 15) is 5.21 Å². The zero-order chi connectivity index (χ0) is 19.9. The minimum Gasteiger partial charge on any atom is -0.411 e. The zero-order valence-electron chi connectivity index (χ0n) is 17.8. The summed E-state index contributed by atoms with van der Waals surface area (Å²) in [6.07, 6.45) is 8.97. The van der Waals surface area contributed by atoms with Gasteiger partial charge in [-0.25, -0.2) is 0 Å². The van der Waals surface area contributed by atoms with Gasteiger partial charge in [0.1, 0.15) is 0 Å². The van der Waals surface area contributed by atoms with Crippen LogP contribution in [0.25, 0.3) is 0 Å². The molecule has 2 saturated heterocycles. The third-order valence-corrected chi connectivity index (χ3v) is 10.1. The highest BCUT2D eigenvalue weighted by Crippen LogP contribution is 2.72. The van der Waals surface area contributed by atoms with Crippen molar-refractivity contribution in [1.29, 1.82) is 0 Å². The van der Waals surface area contributed by atoms with Crippen LogP contribution >= 0.6 is 0 Å². The Kier molecular flexibility index (Phi) is 4.06. The summed E-state index contributed by atoms with van der Waals surface area (Å²) in [6.45, 7) is 7.07. The van der Waals surface area contributed by atoms with Gasteiger partial charge in [0.05, 0.1) is 32.1 Å². The van der Waals surface area contributed by atoms with Crippen LogP contribution < -0.4 is 0 Å². The first-order chi connectivity index (χ1) is 14.0. The normalized spacial score (nSPS) is 57.9. The van der Waals surface area contributed by atoms with Gasteiger partial charge in [-0.05, 0) is 55.3 Å². The third kappa shape index (κ3) is 2.15. The first kappa shape index (κ1) is 19.0. The predicted molar refractivity (Wildman–Crippen MR) is 106 cm³/mol. The fourth-order valence-electron chi connectivity index (χ4n) is 8.92. The quantitative estimate of drug-likeness (QED) is 0.488. The Morgan fingerprint density at radius 1 is 0.897 bits per heavy atom. The summed E-state index contributed by atoms with van der Waals surface area (Å²) < 4.78 is 25.6. The number of rotatable bonds is 0. The van der Waals surface area contributed by atoms with Crippen LogP contribution in [0.5, 0.6) is 0 Å². The maximum absolute atomic E-state index is 9.94. The molecule has 6 fully saturated rings. The van der Waals surface area contributed by atoms with E-state index in [0.717, 1.165) is 25.0 Å². The van der Waals surface area contributed by atoms with Crippen LogP contribution in [0, 0.1) is 34.5 Å². The van der Waals surface area contributed by atoms with Crippen LogP contribution in [0.15, 0.2) is 5.16 Å². The lowest BCUT2D eigenvalue weighted by atomic mass is 9.44. The second kappa shape index (κ2) is 6.18. The Bertz CT molecular complexity index is 712. The molecule has 0 bridgehead atoms. The Labute approximate surface area is 173 Å². The maximum atomic E-state index is 9.94. The lowest BCUT2D eigenvalue weighted by molar-refractivity contribution is -0.474. The van der Waals surface area contributed by atoms with Crippen molar-refractivity contribution in [2.24, 2.45) is 39.7 Å². The third-order valence-electron chi connectivity index (χ3n) is 10.1. The summed E-state index contributed by atoms with van der Waals surface area (Å²) in [4.78, 5) is 0. The molecule has 2 aliphatic heterocycles. The lowest BCUT2D eigenvalue weighted by Gasteiger charge is -2.62. The molecule has 0 amide bonds. The highest BCUT2D eigenvalue weighted by Gasteiger charge is 2.79. The highest BCUT2D eigenvalue weighted by atomic mass is 16.8. The summed E-state index contributed by atoms with van der Waals surface area (Å²) in [5, 5.41) is 13.8. The Morgan fingerprint density at radius 2 is 1.62 bits per heavy atom. The van der Waals surface area contributed by atoms with Gasteiger partial charge in [0.2, 0.25) is 11.6 Å². The number of hydrogen-bond acceptors (Lipinski definition) is 6. The van der Waals surface area contributed by atoms with Gasteiger partial charge in [0, 0.05) is 17.8 Å². The van der Waals surface area contributed by atoms with E-state index in [1.807, 2.05) is 0 Å². The molecular weight excluding hydrogens is 370 g/mol. The SMILES string of the molecule is C[C@]12CCCCC1C(=NO)C[C@@H]1[C@@H]2CC[C@@]2(C)[C@H]1CC13OCCOC12OCCO3. The average molecular weight is 406 g/mol. The molecule has 0 aromatic rings. The van der Waals surface area contributed by atoms with Gasteiger partial charge in [-0.2, -0.15) is 0 Å². The largest absolute Gasteiger partial charge is 0.411 e. The molecule has 0 aromatic carbocycles. The van der Waals surface area contributed by atoms with Gasteiger partial charge >= 0.3 is 0 Å². The molecule has 6 atom stereocenters. The van der Waals surface area contributed by atoms with Crippen LogP contribution in [0.1, 0.15) is 65.2 Å². The average Bonchev–Trinajstić information content (AvgIpc) is 2.99. The lowest BCUT2D eigenvalue weighted by Crippen LogP contribution is -2.70. The molecule has 1 unspecified atom stereocenters. The first-order valence-corrected chi connectivity index (χ1v) is 11.8. The van der Waals surface area contributed by atoms with E-state index < -0.39 is 11.6 Å². The van der Waals surface area contributed by atoms with Crippen molar-refractivity contribution in [3.05, 3.63) is 0 Å². The molecule has 6 aliphatic rings. The van der Waals surface area contributed by atoms with E-state index in [-0.39, 0.29) is 10.8 Å². The van der Waals surface area contributed by atoms with Crippen molar-refractivity contribution in [1.82, 2.24) is 0 Å². The van der Waals surface area contributed by atoms with Crippen LogP contribution in [-0.2, 0) is 18.9 Å². The topological polar surface area (TPSA) is 69.5 Å². The van der Waals surface area contributed by atoms with Gasteiger partial charge in [-0.15, -0.1) is 0 Å². The summed E-state index contributed by atoms with van der Waals surface area (Å²) >= 11 is 0. The van der Waals surface area contributed by atoms with Crippen molar-refractivity contribution in [3.63, 3.8) is 0 Å². The standard InChI is InChI=1S/C23H35NO5/c1-20-7-4-3-5-17(20)19(24-25)13-15-16(20)6-8-21(2)18(15)14-22-23(21,28-11-9-26-22)29-12-10-27-22/h15-18,25H,3-14H2,1-2H3/t15-,16+,17?,18+,20-,21+,22?,23?/m1/s1. The van der Waals surface area contributed by atoms with E-state index in [4.69, 9.17) is 18.9 Å². The number of nitrogens with zero attached hydrogens (tertiary/aromatic N) is 1. The van der Waals surface area contributed by atoms with Gasteiger partial charge in [0.25, 0.3) is 0 Å². The summed E-state index contributed by atoms with van der Waals surface area (Å²) in [7, 11) is 0. The van der Waals surface area contributed by atoms with Crippen LogP contribution in [0.4, 0.5) is 0 Å². The molecular formula is C23H35NO5. The molecule has 1 N–H and O–H groups in total. The number of hydrogen-bond donors (Lipinski definition) is 1. The number of fused-ring (bicyclic) bond motifs is 5. The van der Waals surface area contributed by atoms with Gasteiger partial charge < -0.3 is 24.2 Å². The maximum Gasteiger partial charge on any atom is 0.229 e. The number of oxime groups is 1. The predicted octanol–water partition coefficient (Wildman–Crippen LogP) is 3.96. The Morgan fingerprint density at radius 3 is 2.34 bits per heavy atom. The van der Waals surface area contributed by atoms with Crippen molar-refractivity contribution in [2.75, 3.05) is 26.4 Å². The number of ether oxygens (including phenoxy) is 4. The molecule has 4 aliphatic carbocycles. The summed E-state index contributed by atoms with van der Waals surface area (Å²) in [5.41, 5.74) is 1.13. The van der Waals surface area contributed by atoms with E-state index in [1.165, 1.54) is 32.1 Å². The van der Waals surface area contributed by atoms with E-state index in [0.29, 0.717) is 50.1 Å². The van der Waals surface area contributed by atoms with Crippen molar-refractivity contribution in [2.45, 2.75) is 76.8 Å². The molecule has 6 nitrogen and oxygen atoms in total. The molecule has 29 heavy (non-hydrogen) atoms. The zero-order valence-corrected chi connectivity index (χ0v) is 17.8. The van der Waals surface area contributed by atoms with Crippen molar-refractivity contribution in [3.8, 4) is 0 Å². The van der Waals surface area contributed by atoms with Crippen molar-refractivity contribution < 1.29 is 24.2 Å². The van der Waals surface area contributed by atoms with Gasteiger partial charge in [-0.1, -0.05) is 31.8 Å². The fraction of sp³-hybridized carbons (Fsp3) is 0.957. The molecule has 4 saturated carbocycles. The second-order valence-corrected chi connectivity index (χ2v) is 10.9. The summed E-state index contributed by atoms with van der Waals surface area (Å²) in [6, 6.07) is 0. The first-order valence-electron chi connectivity index (χ1n) is 11.8. The second-order valence-electron chi connectivity index (χ2n) is 10.9. The van der Waals surface area contributed by atoms with Crippen LogP contribution in [-0.4, -0.2) is 48.9 Å². The molecule has 6 rings (SSSR count). The molecule has 0 aromatic heterocycles. The van der Waals surface area contributed by atoms with Crippen LogP contribution in [0.3, 0.4) is 0 Å². The minimum absolute atomic E-state index is 0.145. The Hall–Kier alpha value is -0.690. The molecule has 0 radical (unpaired) electrons. The smallest absolute Gasteiger partial charge is 0.229 e. The van der Waals surface area contributed by atoms with Crippen molar-refractivity contribution >= 4 is 5.71 Å². The Balaban J connectivity index is 1.44. The molecule has 0 spiro atoms. The van der Waals surface area contributed by atoms with Gasteiger partial charge in [-0.3, -0.25) is 0 Å². The molecule has 6 heteroatoms. The van der Waals surface area contributed by atoms with E-state index in [1.54, 1.807) is 0 Å². The molecule has 2 heterocycles. The minimum atomic E-state index is -0.799.